The van der Waals surface area contributed by atoms with Crippen molar-refractivity contribution in [2.24, 2.45) is 11.8 Å². The highest BCUT2D eigenvalue weighted by Gasteiger charge is 2.34. The van der Waals surface area contributed by atoms with Crippen LogP contribution in [0.2, 0.25) is 0 Å². The predicted octanol–water partition coefficient (Wildman–Crippen LogP) is 4.03. The first kappa shape index (κ1) is 17.2. The lowest BCUT2D eigenvalue weighted by Crippen LogP contribution is -2.32. The van der Waals surface area contributed by atoms with Crippen molar-refractivity contribution in [3.8, 4) is 11.1 Å². The molecule has 0 aliphatic heterocycles. The zero-order valence-corrected chi connectivity index (χ0v) is 14.3. The number of hydrogen-bond acceptors (Lipinski definition) is 2. The van der Waals surface area contributed by atoms with Gasteiger partial charge in [0.25, 0.3) is 0 Å². The highest BCUT2D eigenvalue weighted by molar-refractivity contribution is 5.81. The second-order valence-electron chi connectivity index (χ2n) is 6.76. The average Bonchev–Trinajstić information content (AvgIpc) is 3.13. The minimum absolute atomic E-state index is 0.0385. The third-order valence-corrected chi connectivity index (χ3v) is 5.03. The maximum absolute atomic E-state index is 12.4. The fourth-order valence-corrected chi connectivity index (χ4v) is 3.45. The smallest absolute Gasteiger partial charge is 0.306 e. The SMILES string of the molecule is CC(NC(=O)[C@@H]1CC[C@H](C(=O)O)C1)c1ccc(-c2ccccc2)cc1. The molecule has 0 heterocycles. The minimum atomic E-state index is -0.792. The normalized spacial score (nSPS) is 20.8. The molecule has 0 bridgehead atoms. The molecule has 25 heavy (non-hydrogen) atoms. The fraction of sp³-hybridized carbons (Fsp3) is 0.333. The molecular weight excluding hydrogens is 314 g/mol. The van der Waals surface area contributed by atoms with E-state index in [4.69, 9.17) is 5.11 Å². The van der Waals surface area contributed by atoms with E-state index in [2.05, 4.69) is 29.6 Å². The lowest BCUT2D eigenvalue weighted by molar-refractivity contribution is -0.141. The van der Waals surface area contributed by atoms with E-state index in [1.165, 1.54) is 0 Å². The summed E-state index contributed by atoms with van der Waals surface area (Å²) in [5, 5.41) is 12.1. The van der Waals surface area contributed by atoms with Gasteiger partial charge >= 0.3 is 5.97 Å². The molecule has 2 aromatic carbocycles. The number of hydrogen-bond donors (Lipinski definition) is 2. The first-order valence-electron chi connectivity index (χ1n) is 8.73. The van der Waals surface area contributed by atoms with Gasteiger partial charge in [0.1, 0.15) is 0 Å². The second-order valence-corrected chi connectivity index (χ2v) is 6.76. The van der Waals surface area contributed by atoms with Crippen LogP contribution in [0.1, 0.15) is 37.8 Å². The van der Waals surface area contributed by atoms with Crippen LogP contribution in [0.4, 0.5) is 0 Å². The molecule has 4 nitrogen and oxygen atoms in total. The van der Waals surface area contributed by atoms with Crippen LogP contribution >= 0.6 is 0 Å². The van der Waals surface area contributed by atoms with Crippen LogP contribution in [0.25, 0.3) is 11.1 Å². The molecule has 1 saturated carbocycles. The van der Waals surface area contributed by atoms with E-state index in [-0.39, 0.29) is 23.8 Å². The molecule has 2 N–H and O–H groups in total. The summed E-state index contributed by atoms with van der Waals surface area (Å²) >= 11 is 0. The van der Waals surface area contributed by atoms with Crippen LogP contribution in [-0.2, 0) is 9.59 Å². The van der Waals surface area contributed by atoms with E-state index in [9.17, 15) is 9.59 Å². The van der Waals surface area contributed by atoms with Gasteiger partial charge in [0.15, 0.2) is 0 Å². The number of rotatable bonds is 5. The Morgan fingerprint density at radius 3 is 2.16 bits per heavy atom. The van der Waals surface area contributed by atoms with Crippen molar-refractivity contribution in [2.45, 2.75) is 32.2 Å². The summed E-state index contributed by atoms with van der Waals surface area (Å²) in [4.78, 5) is 23.4. The van der Waals surface area contributed by atoms with Crippen molar-refractivity contribution in [1.82, 2.24) is 5.32 Å². The summed E-state index contributed by atoms with van der Waals surface area (Å²) in [6, 6.07) is 18.2. The topological polar surface area (TPSA) is 66.4 Å². The number of aliphatic carboxylic acids is 1. The van der Waals surface area contributed by atoms with Gasteiger partial charge in [-0.2, -0.15) is 0 Å². The molecule has 0 spiro atoms. The van der Waals surface area contributed by atoms with E-state index in [0.29, 0.717) is 19.3 Å². The van der Waals surface area contributed by atoms with Gasteiger partial charge in [-0.1, -0.05) is 54.6 Å². The molecule has 4 heteroatoms. The summed E-state index contributed by atoms with van der Waals surface area (Å²) in [5.74, 6) is -1.40. The Labute approximate surface area is 147 Å². The van der Waals surface area contributed by atoms with Crippen molar-refractivity contribution >= 4 is 11.9 Å². The van der Waals surface area contributed by atoms with Crippen molar-refractivity contribution in [1.29, 1.82) is 0 Å². The molecule has 1 aliphatic rings. The monoisotopic (exact) mass is 337 g/mol. The molecule has 3 atom stereocenters. The van der Waals surface area contributed by atoms with E-state index < -0.39 is 5.97 Å². The third kappa shape index (κ3) is 4.08. The Bertz CT molecular complexity index is 739. The zero-order chi connectivity index (χ0) is 17.8. The fourth-order valence-electron chi connectivity index (χ4n) is 3.45. The average molecular weight is 337 g/mol. The zero-order valence-electron chi connectivity index (χ0n) is 14.3. The van der Waals surface area contributed by atoms with Crippen LogP contribution in [0, 0.1) is 11.8 Å². The lowest BCUT2D eigenvalue weighted by atomic mass is 10.00. The third-order valence-electron chi connectivity index (χ3n) is 5.03. The van der Waals surface area contributed by atoms with Crippen molar-refractivity contribution < 1.29 is 14.7 Å². The molecule has 0 aromatic heterocycles. The Hall–Kier alpha value is -2.62. The standard InChI is InChI=1S/C21H23NO3/c1-14(22-20(23)18-11-12-19(13-18)21(24)25)15-7-9-17(10-8-15)16-5-3-2-4-6-16/h2-10,14,18-19H,11-13H2,1H3,(H,22,23)(H,24,25)/t14?,18-,19+/m1/s1. The summed E-state index contributed by atoms with van der Waals surface area (Å²) in [7, 11) is 0. The van der Waals surface area contributed by atoms with E-state index in [1.54, 1.807) is 0 Å². The summed E-state index contributed by atoms with van der Waals surface area (Å²) in [6.07, 6.45) is 1.69. The van der Waals surface area contributed by atoms with Crippen LogP contribution in [0.15, 0.2) is 54.6 Å². The largest absolute Gasteiger partial charge is 0.481 e. The first-order valence-corrected chi connectivity index (χ1v) is 8.73. The quantitative estimate of drug-likeness (QED) is 0.865. The molecule has 2 aromatic rings. The first-order chi connectivity index (χ1) is 12.0. The van der Waals surface area contributed by atoms with Gasteiger partial charge in [-0.05, 0) is 42.9 Å². The maximum atomic E-state index is 12.4. The van der Waals surface area contributed by atoms with Gasteiger partial charge in [0.2, 0.25) is 5.91 Å². The van der Waals surface area contributed by atoms with E-state index in [1.807, 2.05) is 37.3 Å². The van der Waals surface area contributed by atoms with Crippen LogP contribution in [0.5, 0.6) is 0 Å². The van der Waals surface area contributed by atoms with Gasteiger partial charge < -0.3 is 10.4 Å². The molecule has 130 valence electrons. The molecular formula is C21H23NO3. The summed E-state index contributed by atoms with van der Waals surface area (Å²) < 4.78 is 0. The number of nitrogens with one attached hydrogen (secondary N) is 1. The van der Waals surface area contributed by atoms with Crippen molar-refractivity contribution in [2.75, 3.05) is 0 Å². The lowest BCUT2D eigenvalue weighted by Gasteiger charge is -2.18. The Morgan fingerprint density at radius 2 is 1.56 bits per heavy atom. The van der Waals surface area contributed by atoms with Crippen LogP contribution in [-0.4, -0.2) is 17.0 Å². The minimum Gasteiger partial charge on any atom is -0.481 e. The number of carboxylic acids is 1. The summed E-state index contributed by atoms with van der Waals surface area (Å²) in [6.45, 7) is 1.96. The Balaban J connectivity index is 1.61. The number of carboxylic acid groups (broad SMARTS) is 1. The maximum Gasteiger partial charge on any atom is 0.306 e. The molecule has 0 radical (unpaired) electrons. The van der Waals surface area contributed by atoms with E-state index in [0.717, 1.165) is 16.7 Å². The Morgan fingerprint density at radius 1 is 0.960 bits per heavy atom. The van der Waals surface area contributed by atoms with Gasteiger partial charge in [0, 0.05) is 5.92 Å². The van der Waals surface area contributed by atoms with Crippen molar-refractivity contribution in [3.05, 3.63) is 60.2 Å². The predicted molar refractivity (Wildman–Crippen MR) is 96.9 cm³/mol. The van der Waals surface area contributed by atoms with Gasteiger partial charge in [-0.25, -0.2) is 0 Å². The van der Waals surface area contributed by atoms with Gasteiger partial charge in [0.05, 0.1) is 12.0 Å². The molecule has 1 fully saturated rings. The number of carbonyl (C=O) groups excluding carboxylic acids is 1. The highest BCUT2D eigenvalue weighted by atomic mass is 16.4. The van der Waals surface area contributed by atoms with E-state index >= 15 is 0 Å². The van der Waals surface area contributed by atoms with Crippen LogP contribution < -0.4 is 5.32 Å². The number of carbonyl (C=O) groups is 2. The molecule has 1 amide bonds. The second kappa shape index (κ2) is 7.51. The Kier molecular flexibility index (Phi) is 5.17. The van der Waals surface area contributed by atoms with Crippen LogP contribution in [0.3, 0.4) is 0 Å². The molecule has 1 aliphatic carbocycles. The number of amides is 1. The van der Waals surface area contributed by atoms with Crippen molar-refractivity contribution in [3.63, 3.8) is 0 Å². The molecule has 3 rings (SSSR count). The molecule has 1 unspecified atom stereocenters. The van der Waals surface area contributed by atoms with Gasteiger partial charge in [-0.3, -0.25) is 9.59 Å². The van der Waals surface area contributed by atoms with Gasteiger partial charge in [-0.15, -0.1) is 0 Å². The number of benzene rings is 2. The summed E-state index contributed by atoms with van der Waals surface area (Å²) in [5.41, 5.74) is 3.35. The molecule has 0 saturated heterocycles. The highest BCUT2D eigenvalue weighted by Crippen LogP contribution is 2.31.